The van der Waals surface area contributed by atoms with Crippen molar-refractivity contribution in [3.8, 4) is 5.75 Å². The predicted molar refractivity (Wildman–Crippen MR) is 100 cm³/mol. The Labute approximate surface area is 149 Å². The highest BCUT2D eigenvalue weighted by Gasteiger charge is 2.11. The number of carbonyl (C=O) groups is 1. The van der Waals surface area contributed by atoms with Crippen LogP contribution in [0.2, 0.25) is 0 Å². The molecule has 1 amide bonds. The molecule has 130 valence electrons. The van der Waals surface area contributed by atoms with Gasteiger partial charge in [0.25, 0.3) is 11.5 Å². The van der Waals surface area contributed by atoms with Crippen molar-refractivity contribution in [3.05, 3.63) is 75.7 Å². The van der Waals surface area contributed by atoms with Gasteiger partial charge in [-0.25, -0.2) is 0 Å². The smallest absolute Gasteiger partial charge is 0.266 e. The maximum Gasteiger partial charge on any atom is 0.266 e. The lowest BCUT2D eigenvalue weighted by Crippen LogP contribution is -2.32. The summed E-state index contributed by atoms with van der Waals surface area (Å²) in [7, 11) is 1.57. The van der Waals surface area contributed by atoms with Gasteiger partial charge in [-0.1, -0.05) is 23.5 Å². The van der Waals surface area contributed by atoms with Crippen molar-refractivity contribution in [2.24, 2.45) is 4.99 Å². The molecule has 0 atom stereocenters. The standard InChI is InChI=1S/C18H19N3O3S/c1-4-10-19-18-21(11-5-2)16(22)12-15(25-18)17(23)20-13-6-8-14(24-3)9-7-13/h4-9,12H,1-2,10-11H2,3H3,(H,20,23). The van der Waals surface area contributed by atoms with E-state index in [-0.39, 0.29) is 16.3 Å². The number of aromatic nitrogens is 1. The monoisotopic (exact) mass is 357 g/mol. The zero-order valence-electron chi connectivity index (χ0n) is 13.9. The van der Waals surface area contributed by atoms with E-state index in [0.29, 0.717) is 29.3 Å². The Hall–Kier alpha value is -2.93. The zero-order valence-corrected chi connectivity index (χ0v) is 14.7. The molecule has 0 fully saturated rings. The molecule has 2 aromatic rings. The van der Waals surface area contributed by atoms with Crippen molar-refractivity contribution in [1.29, 1.82) is 0 Å². The number of nitrogens with zero attached hydrogens (tertiary/aromatic N) is 2. The van der Waals surface area contributed by atoms with E-state index >= 15 is 0 Å². The third-order valence-electron chi connectivity index (χ3n) is 3.19. The number of anilines is 1. The number of hydrogen-bond donors (Lipinski definition) is 1. The number of hydrogen-bond acceptors (Lipinski definition) is 5. The van der Waals surface area contributed by atoms with Crippen LogP contribution in [0.3, 0.4) is 0 Å². The van der Waals surface area contributed by atoms with Crippen LogP contribution in [-0.2, 0) is 6.54 Å². The van der Waals surface area contributed by atoms with Gasteiger partial charge in [0, 0.05) is 18.3 Å². The minimum Gasteiger partial charge on any atom is -0.497 e. The Balaban J connectivity index is 2.35. The molecular formula is C18H19N3O3S. The molecule has 0 saturated heterocycles. The first kappa shape index (κ1) is 18.4. The number of carbonyl (C=O) groups excluding carboxylic acids is 1. The number of ether oxygens (including phenoxy) is 1. The highest BCUT2D eigenvalue weighted by atomic mass is 32.1. The highest BCUT2D eigenvalue weighted by molar-refractivity contribution is 7.11. The Morgan fingerprint density at radius 1 is 1.32 bits per heavy atom. The van der Waals surface area contributed by atoms with Crippen LogP contribution in [0, 0.1) is 0 Å². The summed E-state index contributed by atoms with van der Waals surface area (Å²) in [5.74, 6) is 0.325. The Morgan fingerprint density at radius 2 is 2.04 bits per heavy atom. The highest BCUT2D eigenvalue weighted by Crippen LogP contribution is 2.16. The van der Waals surface area contributed by atoms with Crippen molar-refractivity contribution in [3.63, 3.8) is 0 Å². The molecule has 0 radical (unpaired) electrons. The Morgan fingerprint density at radius 3 is 2.64 bits per heavy atom. The molecule has 2 rings (SSSR count). The summed E-state index contributed by atoms with van der Waals surface area (Å²) in [6.45, 7) is 7.94. The second-order valence-electron chi connectivity index (χ2n) is 4.94. The number of benzene rings is 1. The average molecular weight is 357 g/mol. The van der Waals surface area contributed by atoms with Crippen molar-refractivity contribution >= 4 is 22.9 Å². The lowest BCUT2D eigenvalue weighted by Gasteiger charge is -2.08. The molecule has 6 nitrogen and oxygen atoms in total. The van der Waals surface area contributed by atoms with Crippen molar-refractivity contribution in [1.82, 2.24) is 4.57 Å². The molecule has 0 saturated carbocycles. The third-order valence-corrected chi connectivity index (χ3v) is 4.25. The molecule has 0 aliphatic heterocycles. The van der Waals surface area contributed by atoms with Gasteiger partial charge in [-0.05, 0) is 24.3 Å². The van der Waals surface area contributed by atoms with Gasteiger partial charge in [0.05, 0.1) is 13.7 Å². The lowest BCUT2D eigenvalue weighted by atomic mass is 10.3. The quantitative estimate of drug-likeness (QED) is 0.774. The predicted octanol–water partition coefficient (Wildman–Crippen LogP) is 2.44. The van der Waals surface area contributed by atoms with Gasteiger partial charge in [-0.3, -0.25) is 19.1 Å². The fourth-order valence-corrected chi connectivity index (χ4v) is 2.92. The van der Waals surface area contributed by atoms with E-state index in [1.165, 1.54) is 10.6 Å². The lowest BCUT2D eigenvalue weighted by molar-refractivity contribution is 0.103. The van der Waals surface area contributed by atoms with Crippen molar-refractivity contribution in [2.45, 2.75) is 6.54 Å². The number of methoxy groups -OCH3 is 1. The van der Waals surface area contributed by atoms with Crippen LogP contribution in [-0.4, -0.2) is 24.1 Å². The zero-order chi connectivity index (χ0) is 18.2. The molecule has 7 heteroatoms. The maximum atomic E-state index is 12.5. The molecule has 1 N–H and O–H groups in total. The normalized spacial score (nSPS) is 11.0. The van der Waals surface area contributed by atoms with Gasteiger partial charge in [-0.15, -0.1) is 13.2 Å². The molecule has 0 bridgehead atoms. The van der Waals surface area contributed by atoms with E-state index in [1.807, 2.05) is 0 Å². The van der Waals surface area contributed by atoms with Gasteiger partial charge < -0.3 is 10.1 Å². The SMILES string of the molecule is C=CCN=c1sc(C(=O)Nc2ccc(OC)cc2)cc(=O)n1CC=C. The summed E-state index contributed by atoms with van der Waals surface area (Å²) >= 11 is 1.14. The average Bonchev–Trinajstić information content (AvgIpc) is 2.62. The summed E-state index contributed by atoms with van der Waals surface area (Å²) in [5.41, 5.74) is 0.305. The van der Waals surface area contributed by atoms with E-state index in [2.05, 4.69) is 23.5 Å². The summed E-state index contributed by atoms with van der Waals surface area (Å²) in [4.78, 5) is 29.8. The van der Waals surface area contributed by atoms with Crippen LogP contribution in [0.5, 0.6) is 5.75 Å². The number of nitrogens with one attached hydrogen (secondary N) is 1. The van der Waals surface area contributed by atoms with Gasteiger partial charge >= 0.3 is 0 Å². The Kier molecular flexibility index (Phi) is 6.47. The van der Waals surface area contributed by atoms with Gasteiger partial charge in [0.1, 0.15) is 10.6 Å². The van der Waals surface area contributed by atoms with Gasteiger partial charge in [0.15, 0.2) is 4.80 Å². The van der Waals surface area contributed by atoms with Crippen LogP contribution in [0.25, 0.3) is 0 Å². The van der Waals surface area contributed by atoms with Gasteiger partial charge in [-0.2, -0.15) is 0 Å². The first-order valence-corrected chi connectivity index (χ1v) is 8.33. The van der Waals surface area contributed by atoms with Crippen LogP contribution < -0.4 is 20.4 Å². The second kappa shape index (κ2) is 8.79. The molecule has 0 aliphatic rings. The van der Waals surface area contributed by atoms with E-state index in [4.69, 9.17) is 4.74 Å². The van der Waals surface area contributed by atoms with E-state index in [0.717, 1.165) is 11.3 Å². The van der Waals surface area contributed by atoms with Crippen LogP contribution in [0.1, 0.15) is 9.67 Å². The topological polar surface area (TPSA) is 72.7 Å². The van der Waals surface area contributed by atoms with E-state index in [1.54, 1.807) is 43.5 Å². The number of amides is 1. The summed E-state index contributed by atoms with van der Waals surface area (Å²) in [5, 5.41) is 2.76. The fraction of sp³-hybridized carbons (Fsp3) is 0.167. The van der Waals surface area contributed by atoms with Gasteiger partial charge in [0.2, 0.25) is 0 Å². The molecule has 1 aromatic heterocycles. The minimum atomic E-state index is -0.368. The molecule has 25 heavy (non-hydrogen) atoms. The third kappa shape index (κ3) is 4.77. The van der Waals surface area contributed by atoms with E-state index in [9.17, 15) is 9.59 Å². The molecule has 0 spiro atoms. The van der Waals surface area contributed by atoms with Crippen molar-refractivity contribution < 1.29 is 9.53 Å². The minimum absolute atomic E-state index is 0.281. The molecule has 1 heterocycles. The molecule has 0 aliphatic carbocycles. The summed E-state index contributed by atoms with van der Waals surface area (Å²) < 4.78 is 6.54. The maximum absolute atomic E-state index is 12.5. The molecule has 0 unspecified atom stereocenters. The van der Waals surface area contributed by atoms with Crippen LogP contribution in [0.4, 0.5) is 5.69 Å². The summed E-state index contributed by atoms with van der Waals surface area (Å²) in [6, 6.07) is 8.24. The van der Waals surface area contributed by atoms with Crippen LogP contribution >= 0.6 is 11.3 Å². The number of rotatable bonds is 7. The molecular weight excluding hydrogens is 338 g/mol. The summed E-state index contributed by atoms with van der Waals surface area (Å²) in [6.07, 6.45) is 3.23. The van der Waals surface area contributed by atoms with Crippen molar-refractivity contribution in [2.75, 3.05) is 19.0 Å². The van der Waals surface area contributed by atoms with Crippen LogP contribution in [0.15, 0.2) is 65.4 Å². The largest absolute Gasteiger partial charge is 0.497 e. The molecule has 1 aromatic carbocycles. The number of allylic oxidation sites excluding steroid dienone is 1. The fourth-order valence-electron chi connectivity index (χ4n) is 2.00. The first-order chi connectivity index (χ1) is 12.1. The second-order valence-corrected chi connectivity index (χ2v) is 5.95. The first-order valence-electron chi connectivity index (χ1n) is 7.51. The Bertz CT molecular complexity index is 895. The van der Waals surface area contributed by atoms with E-state index < -0.39 is 0 Å².